The van der Waals surface area contributed by atoms with E-state index >= 15 is 0 Å². The second-order valence-corrected chi connectivity index (χ2v) is 3.86. The predicted molar refractivity (Wildman–Crippen MR) is 57.0 cm³/mol. The standard InChI is InChI=1S/C11H13NO5/c13-10(12-7-2-1-5-16-6-7)8-3-4-9(17-8)11(14)15/h3-4,7H,1-2,5-6H2,(H,12,13)(H,14,15). The smallest absolute Gasteiger partial charge is 0.371 e. The van der Waals surface area contributed by atoms with E-state index < -0.39 is 11.9 Å². The number of carbonyl (C=O) groups excluding carboxylic acids is 1. The van der Waals surface area contributed by atoms with Crippen molar-refractivity contribution in [2.24, 2.45) is 0 Å². The number of hydrogen-bond donors (Lipinski definition) is 2. The third-order valence-electron chi connectivity index (χ3n) is 2.54. The minimum absolute atomic E-state index is 0.00738. The van der Waals surface area contributed by atoms with Crippen LogP contribution in [0.3, 0.4) is 0 Å². The van der Waals surface area contributed by atoms with Gasteiger partial charge in [-0.15, -0.1) is 0 Å². The number of furan rings is 1. The molecule has 1 atom stereocenters. The number of hydrogen-bond acceptors (Lipinski definition) is 4. The summed E-state index contributed by atoms with van der Waals surface area (Å²) in [4.78, 5) is 22.3. The van der Waals surface area contributed by atoms with Crippen LogP contribution in [0.15, 0.2) is 16.5 Å². The molecule has 0 saturated carbocycles. The highest BCUT2D eigenvalue weighted by molar-refractivity contribution is 5.93. The Hall–Kier alpha value is -1.82. The lowest BCUT2D eigenvalue weighted by Gasteiger charge is -2.22. The molecule has 17 heavy (non-hydrogen) atoms. The van der Waals surface area contributed by atoms with Crippen molar-refractivity contribution < 1.29 is 23.8 Å². The molecule has 92 valence electrons. The Labute approximate surface area is 97.6 Å². The van der Waals surface area contributed by atoms with Crippen molar-refractivity contribution in [1.29, 1.82) is 0 Å². The van der Waals surface area contributed by atoms with Crippen LogP contribution in [0.2, 0.25) is 0 Å². The molecule has 1 aliphatic rings. The van der Waals surface area contributed by atoms with E-state index in [0.717, 1.165) is 19.4 Å². The largest absolute Gasteiger partial charge is 0.475 e. The Morgan fingerprint density at radius 3 is 2.71 bits per heavy atom. The van der Waals surface area contributed by atoms with Gasteiger partial charge in [0.2, 0.25) is 5.76 Å². The molecule has 1 amide bonds. The lowest BCUT2D eigenvalue weighted by Crippen LogP contribution is -2.40. The summed E-state index contributed by atoms with van der Waals surface area (Å²) >= 11 is 0. The Morgan fingerprint density at radius 1 is 1.35 bits per heavy atom. The van der Waals surface area contributed by atoms with Gasteiger partial charge < -0.3 is 19.6 Å². The number of carbonyl (C=O) groups is 2. The van der Waals surface area contributed by atoms with Gasteiger partial charge in [-0.05, 0) is 25.0 Å². The van der Waals surface area contributed by atoms with Gasteiger partial charge in [-0.1, -0.05) is 0 Å². The maximum atomic E-state index is 11.7. The third-order valence-corrected chi connectivity index (χ3v) is 2.54. The molecule has 1 unspecified atom stereocenters. The van der Waals surface area contributed by atoms with Gasteiger partial charge in [-0.25, -0.2) is 4.79 Å². The molecule has 6 nitrogen and oxygen atoms in total. The first-order chi connectivity index (χ1) is 8.16. The summed E-state index contributed by atoms with van der Waals surface area (Å²) in [5.74, 6) is -1.83. The van der Waals surface area contributed by atoms with Gasteiger partial charge in [0, 0.05) is 6.61 Å². The van der Waals surface area contributed by atoms with Gasteiger partial charge >= 0.3 is 5.97 Å². The zero-order valence-corrected chi connectivity index (χ0v) is 9.14. The van der Waals surface area contributed by atoms with Gasteiger partial charge in [-0.3, -0.25) is 4.79 Å². The Bertz CT molecular complexity index is 419. The maximum Gasteiger partial charge on any atom is 0.371 e. The maximum absolute atomic E-state index is 11.7. The molecule has 1 aliphatic heterocycles. The number of ether oxygens (including phenoxy) is 1. The van der Waals surface area contributed by atoms with Gasteiger partial charge in [-0.2, -0.15) is 0 Å². The fraction of sp³-hybridized carbons (Fsp3) is 0.455. The molecule has 0 aromatic carbocycles. The van der Waals surface area contributed by atoms with Crippen LogP contribution in [0.25, 0.3) is 0 Å². The van der Waals surface area contributed by atoms with Crippen LogP contribution in [0.4, 0.5) is 0 Å². The summed E-state index contributed by atoms with van der Waals surface area (Å²) in [5.41, 5.74) is 0. The highest BCUT2D eigenvalue weighted by Gasteiger charge is 2.20. The first-order valence-corrected chi connectivity index (χ1v) is 5.38. The topological polar surface area (TPSA) is 88.8 Å². The number of amides is 1. The second kappa shape index (κ2) is 5.01. The van der Waals surface area contributed by atoms with Gasteiger partial charge in [0.25, 0.3) is 5.91 Å². The molecule has 1 aromatic rings. The molecular formula is C11H13NO5. The molecule has 6 heteroatoms. The van der Waals surface area contributed by atoms with Crippen LogP contribution < -0.4 is 5.32 Å². The van der Waals surface area contributed by atoms with E-state index in [1.807, 2.05) is 0 Å². The molecule has 1 aromatic heterocycles. The Morgan fingerprint density at radius 2 is 2.12 bits per heavy atom. The second-order valence-electron chi connectivity index (χ2n) is 3.86. The van der Waals surface area contributed by atoms with Crippen LogP contribution in [-0.2, 0) is 4.74 Å². The summed E-state index contributed by atoms with van der Waals surface area (Å²) < 4.78 is 10.1. The summed E-state index contributed by atoms with van der Waals surface area (Å²) in [6, 6.07) is 2.58. The zero-order valence-electron chi connectivity index (χ0n) is 9.14. The first kappa shape index (κ1) is 11.7. The summed E-state index contributed by atoms with van der Waals surface area (Å²) in [7, 11) is 0. The predicted octanol–water partition coefficient (Wildman–Crippen LogP) is 0.887. The van der Waals surface area contributed by atoms with Gasteiger partial charge in [0.1, 0.15) is 0 Å². The quantitative estimate of drug-likeness (QED) is 0.817. The molecule has 2 rings (SSSR count). The summed E-state index contributed by atoms with van der Waals surface area (Å²) in [6.45, 7) is 1.20. The molecule has 1 fully saturated rings. The first-order valence-electron chi connectivity index (χ1n) is 5.38. The number of carboxylic acid groups (broad SMARTS) is 1. The Balaban J connectivity index is 1.96. The lowest BCUT2D eigenvalue weighted by atomic mass is 10.1. The number of aromatic carboxylic acids is 1. The summed E-state index contributed by atoms with van der Waals surface area (Å²) in [6.07, 6.45) is 1.77. The molecule has 2 N–H and O–H groups in total. The molecule has 0 bridgehead atoms. The normalized spacial score (nSPS) is 19.9. The van der Waals surface area contributed by atoms with E-state index in [0.29, 0.717) is 6.61 Å². The van der Waals surface area contributed by atoms with Crippen LogP contribution in [0.1, 0.15) is 34.0 Å². The molecule has 1 saturated heterocycles. The number of carboxylic acids is 1. The Kier molecular flexibility index (Phi) is 3.43. The lowest BCUT2D eigenvalue weighted by molar-refractivity contribution is 0.0604. The minimum Gasteiger partial charge on any atom is -0.475 e. The van der Waals surface area contributed by atoms with Crippen LogP contribution in [0, 0.1) is 0 Å². The SMILES string of the molecule is O=C(O)c1ccc(C(=O)NC2CCCOC2)o1. The molecule has 2 heterocycles. The third kappa shape index (κ3) is 2.85. The average Bonchev–Trinajstić information content (AvgIpc) is 2.79. The van der Waals surface area contributed by atoms with Gasteiger partial charge in [0.15, 0.2) is 5.76 Å². The molecule has 0 aliphatic carbocycles. The van der Waals surface area contributed by atoms with Crippen molar-refractivity contribution in [3.8, 4) is 0 Å². The van der Waals surface area contributed by atoms with E-state index in [1.54, 1.807) is 0 Å². The highest BCUT2D eigenvalue weighted by Crippen LogP contribution is 2.10. The zero-order chi connectivity index (χ0) is 12.3. The van der Waals surface area contributed by atoms with E-state index in [4.69, 9.17) is 14.3 Å². The summed E-state index contributed by atoms with van der Waals surface area (Å²) in [5, 5.41) is 11.4. The van der Waals surface area contributed by atoms with Crippen LogP contribution in [-0.4, -0.2) is 36.2 Å². The molecule has 0 radical (unpaired) electrons. The monoisotopic (exact) mass is 239 g/mol. The average molecular weight is 239 g/mol. The van der Waals surface area contributed by atoms with Crippen molar-refractivity contribution in [3.63, 3.8) is 0 Å². The van der Waals surface area contributed by atoms with Crippen molar-refractivity contribution in [1.82, 2.24) is 5.32 Å². The fourth-order valence-corrected chi connectivity index (χ4v) is 1.69. The fourth-order valence-electron chi connectivity index (χ4n) is 1.69. The van der Waals surface area contributed by atoms with Crippen molar-refractivity contribution in [2.75, 3.05) is 13.2 Å². The van der Waals surface area contributed by atoms with Crippen molar-refractivity contribution in [2.45, 2.75) is 18.9 Å². The minimum atomic E-state index is -1.19. The van der Waals surface area contributed by atoms with Crippen molar-refractivity contribution in [3.05, 3.63) is 23.7 Å². The van der Waals surface area contributed by atoms with Crippen molar-refractivity contribution >= 4 is 11.9 Å². The number of rotatable bonds is 3. The number of nitrogens with one attached hydrogen (secondary N) is 1. The van der Waals surface area contributed by atoms with E-state index in [1.165, 1.54) is 12.1 Å². The van der Waals surface area contributed by atoms with Crippen LogP contribution >= 0.6 is 0 Å². The van der Waals surface area contributed by atoms with E-state index in [2.05, 4.69) is 5.32 Å². The molecule has 0 spiro atoms. The van der Waals surface area contributed by atoms with Gasteiger partial charge in [0.05, 0.1) is 12.6 Å². The molecular weight excluding hydrogens is 226 g/mol. The highest BCUT2D eigenvalue weighted by atomic mass is 16.5. The van der Waals surface area contributed by atoms with E-state index in [9.17, 15) is 9.59 Å². The van der Waals surface area contributed by atoms with E-state index in [-0.39, 0.29) is 17.6 Å². The van der Waals surface area contributed by atoms with Crippen LogP contribution in [0.5, 0.6) is 0 Å².